The summed E-state index contributed by atoms with van der Waals surface area (Å²) in [6.07, 6.45) is 0. The highest BCUT2D eigenvalue weighted by Crippen LogP contribution is 2.28. The van der Waals surface area contributed by atoms with Gasteiger partial charge in [-0.25, -0.2) is 0 Å². The zero-order valence-corrected chi connectivity index (χ0v) is 8.08. The number of fused-ring (bicyclic) bond motifs is 1. The number of hydrogen-bond acceptors (Lipinski definition) is 3. The van der Waals surface area contributed by atoms with Crippen LogP contribution < -0.4 is 16.0 Å². The topological polar surface area (TPSA) is 58.4 Å². The van der Waals surface area contributed by atoms with E-state index < -0.39 is 0 Å². The predicted octanol–water partition coefficient (Wildman–Crippen LogP) is 0.534. The molecular weight excluding hydrogens is 178 g/mol. The molecule has 2 rings (SSSR count). The Labute approximate surface area is 82.7 Å². The minimum Gasteiger partial charge on any atom is -0.364 e. The van der Waals surface area contributed by atoms with Crippen LogP contribution in [0.3, 0.4) is 0 Å². The van der Waals surface area contributed by atoms with Crippen LogP contribution in [0.25, 0.3) is 0 Å². The second-order valence-electron chi connectivity index (χ2n) is 3.46. The van der Waals surface area contributed by atoms with E-state index >= 15 is 0 Å². The third kappa shape index (κ3) is 1.44. The molecule has 0 unspecified atom stereocenters. The average Bonchev–Trinajstić information content (AvgIpc) is 2.16. The van der Waals surface area contributed by atoms with Gasteiger partial charge >= 0.3 is 0 Å². The van der Waals surface area contributed by atoms with Crippen molar-refractivity contribution in [2.45, 2.75) is 6.54 Å². The number of anilines is 2. The molecule has 0 aromatic heterocycles. The number of carbonyl (C=O) groups is 1. The zero-order chi connectivity index (χ0) is 10.1. The lowest BCUT2D eigenvalue weighted by atomic mass is 10.1. The third-order valence-corrected chi connectivity index (χ3v) is 2.36. The Bertz CT molecular complexity index is 376. The molecule has 4 heteroatoms. The largest absolute Gasteiger partial charge is 0.364 e. The number of nitrogens with zero attached hydrogens (tertiary/aromatic N) is 1. The molecule has 0 saturated heterocycles. The first kappa shape index (κ1) is 9.02. The summed E-state index contributed by atoms with van der Waals surface area (Å²) < 4.78 is 0. The Morgan fingerprint density at radius 3 is 3.07 bits per heavy atom. The van der Waals surface area contributed by atoms with Gasteiger partial charge < -0.3 is 16.0 Å². The Morgan fingerprint density at radius 2 is 2.36 bits per heavy atom. The molecule has 1 aromatic rings. The van der Waals surface area contributed by atoms with Gasteiger partial charge in [0, 0.05) is 13.6 Å². The van der Waals surface area contributed by atoms with Gasteiger partial charge in [0.15, 0.2) is 0 Å². The third-order valence-electron chi connectivity index (χ3n) is 2.36. The van der Waals surface area contributed by atoms with Gasteiger partial charge in [-0.2, -0.15) is 0 Å². The van der Waals surface area contributed by atoms with Gasteiger partial charge in [0.25, 0.3) is 0 Å². The van der Waals surface area contributed by atoms with Crippen LogP contribution in [0.5, 0.6) is 0 Å². The van der Waals surface area contributed by atoms with Crippen LogP contribution >= 0.6 is 0 Å². The van der Waals surface area contributed by atoms with Gasteiger partial charge in [-0.05, 0) is 17.7 Å². The average molecular weight is 191 g/mol. The number of nitrogens with two attached hydrogens (primary N) is 1. The summed E-state index contributed by atoms with van der Waals surface area (Å²) in [5.74, 6) is 0.0224. The molecule has 0 spiro atoms. The quantitative estimate of drug-likeness (QED) is 0.681. The van der Waals surface area contributed by atoms with E-state index in [9.17, 15) is 4.79 Å². The van der Waals surface area contributed by atoms with Crippen molar-refractivity contribution in [3.63, 3.8) is 0 Å². The Morgan fingerprint density at radius 1 is 1.57 bits per heavy atom. The first-order chi connectivity index (χ1) is 6.70. The fourth-order valence-corrected chi connectivity index (χ4v) is 1.63. The van der Waals surface area contributed by atoms with Crippen molar-refractivity contribution >= 4 is 17.3 Å². The predicted molar refractivity (Wildman–Crippen MR) is 56.2 cm³/mol. The second kappa shape index (κ2) is 3.31. The van der Waals surface area contributed by atoms with Crippen molar-refractivity contribution in [3.05, 3.63) is 23.8 Å². The minimum atomic E-state index is 0.0224. The second-order valence-corrected chi connectivity index (χ2v) is 3.46. The smallest absolute Gasteiger partial charge is 0.243 e. The van der Waals surface area contributed by atoms with Gasteiger partial charge in [0.05, 0.1) is 17.9 Å². The molecule has 0 atom stereocenters. The number of carbonyl (C=O) groups excluding carboxylic acids is 1. The zero-order valence-electron chi connectivity index (χ0n) is 8.08. The Hall–Kier alpha value is -1.55. The maximum Gasteiger partial charge on any atom is 0.243 e. The Balaban J connectivity index is 2.43. The summed E-state index contributed by atoms with van der Waals surface area (Å²) in [5.41, 5.74) is 8.45. The van der Waals surface area contributed by atoms with E-state index in [0.29, 0.717) is 13.1 Å². The van der Waals surface area contributed by atoms with E-state index in [-0.39, 0.29) is 5.91 Å². The molecule has 3 N–H and O–H groups in total. The fourth-order valence-electron chi connectivity index (χ4n) is 1.63. The summed E-state index contributed by atoms with van der Waals surface area (Å²) >= 11 is 0. The highest BCUT2D eigenvalue weighted by atomic mass is 16.2. The van der Waals surface area contributed by atoms with Crippen LogP contribution in [0.2, 0.25) is 0 Å². The van der Waals surface area contributed by atoms with E-state index in [0.717, 1.165) is 16.9 Å². The number of amides is 1. The maximum absolute atomic E-state index is 11.3. The van der Waals surface area contributed by atoms with Crippen LogP contribution in [0.4, 0.5) is 11.4 Å². The minimum absolute atomic E-state index is 0.0224. The van der Waals surface area contributed by atoms with Crippen LogP contribution in [-0.2, 0) is 11.3 Å². The highest BCUT2D eigenvalue weighted by Gasteiger charge is 2.18. The number of hydrogen-bond donors (Lipinski definition) is 2. The lowest BCUT2D eigenvalue weighted by Crippen LogP contribution is -2.35. The Kier molecular flexibility index (Phi) is 2.13. The number of rotatable bonds is 1. The monoisotopic (exact) mass is 191 g/mol. The van der Waals surface area contributed by atoms with Crippen LogP contribution in [0.1, 0.15) is 5.56 Å². The van der Waals surface area contributed by atoms with Crippen molar-refractivity contribution < 1.29 is 4.79 Å². The first-order valence-electron chi connectivity index (χ1n) is 4.54. The summed E-state index contributed by atoms with van der Waals surface area (Å²) in [6.45, 7) is 0.905. The van der Waals surface area contributed by atoms with Crippen molar-refractivity contribution in [1.29, 1.82) is 0 Å². The SMILES string of the molecule is CN1CC(=O)Nc2cc(CN)ccc21. The molecule has 74 valence electrons. The molecule has 0 radical (unpaired) electrons. The number of nitrogens with one attached hydrogen (secondary N) is 1. The summed E-state index contributed by atoms with van der Waals surface area (Å²) in [5, 5.41) is 2.83. The van der Waals surface area contributed by atoms with Crippen molar-refractivity contribution in [2.75, 3.05) is 23.8 Å². The van der Waals surface area contributed by atoms with Crippen molar-refractivity contribution in [2.24, 2.45) is 5.73 Å². The molecule has 1 aromatic carbocycles. The first-order valence-corrected chi connectivity index (χ1v) is 4.54. The number of benzene rings is 1. The number of likely N-dealkylation sites (N-methyl/N-ethyl adjacent to an activating group) is 1. The van der Waals surface area contributed by atoms with Crippen molar-refractivity contribution in [1.82, 2.24) is 0 Å². The lowest BCUT2D eigenvalue weighted by Gasteiger charge is -2.27. The van der Waals surface area contributed by atoms with E-state index in [1.54, 1.807) is 0 Å². The standard InChI is InChI=1S/C10H13N3O/c1-13-6-10(14)12-8-4-7(5-11)2-3-9(8)13/h2-4H,5-6,11H2,1H3,(H,12,14). The van der Waals surface area contributed by atoms with E-state index in [1.165, 1.54) is 0 Å². The highest BCUT2D eigenvalue weighted by molar-refractivity contribution is 6.01. The molecule has 1 amide bonds. The maximum atomic E-state index is 11.3. The molecule has 4 nitrogen and oxygen atoms in total. The molecule has 0 bridgehead atoms. The molecule has 14 heavy (non-hydrogen) atoms. The normalized spacial score (nSPS) is 15.0. The molecule has 1 aliphatic heterocycles. The van der Waals surface area contributed by atoms with Gasteiger partial charge in [0.2, 0.25) is 5.91 Å². The van der Waals surface area contributed by atoms with Gasteiger partial charge in [-0.15, -0.1) is 0 Å². The molecule has 1 heterocycles. The molecule has 0 aliphatic carbocycles. The van der Waals surface area contributed by atoms with Gasteiger partial charge in [-0.3, -0.25) is 4.79 Å². The van der Waals surface area contributed by atoms with E-state index in [1.807, 2.05) is 30.1 Å². The molecule has 0 fully saturated rings. The van der Waals surface area contributed by atoms with E-state index in [4.69, 9.17) is 5.73 Å². The fraction of sp³-hybridized carbons (Fsp3) is 0.300. The van der Waals surface area contributed by atoms with Crippen molar-refractivity contribution in [3.8, 4) is 0 Å². The molecular formula is C10H13N3O. The summed E-state index contributed by atoms with van der Waals surface area (Å²) in [6, 6.07) is 5.88. The van der Waals surface area contributed by atoms with Crippen LogP contribution in [-0.4, -0.2) is 19.5 Å². The van der Waals surface area contributed by atoms with Gasteiger partial charge in [0.1, 0.15) is 0 Å². The molecule has 0 saturated carbocycles. The summed E-state index contributed by atoms with van der Waals surface area (Å²) in [7, 11) is 1.90. The van der Waals surface area contributed by atoms with Gasteiger partial charge in [-0.1, -0.05) is 6.07 Å². The molecule has 1 aliphatic rings. The van der Waals surface area contributed by atoms with Crippen LogP contribution in [0, 0.1) is 0 Å². The van der Waals surface area contributed by atoms with Crippen LogP contribution in [0.15, 0.2) is 18.2 Å². The summed E-state index contributed by atoms with van der Waals surface area (Å²) in [4.78, 5) is 13.2. The van der Waals surface area contributed by atoms with E-state index in [2.05, 4.69) is 5.32 Å². The lowest BCUT2D eigenvalue weighted by molar-refractivity contribution is -0.115.